The van der Waals surface area contributed by atoms with Crippen LogP contribution in [0.5, 0.6) is 0 Å². The molecule has 0 spiro atoms. The number of hydrogen-bond acceptors (Lipinski definition) is 3. The van der Waals surface area contributed by atoms with E-state index in [4.69, 9.17) is 0 Å². The first-order valence-electron chi connectivity index (χ1n) is 6.01. The van der Waals surface area contributed by atoms with Crippen LogP contribution in [-0.2, 0) is 6.54 Å². The zero-order chi connectivity index (χ0) is 12.4. The van der Waals surface area contributed by atoms with Gasteiger partial charge in [-0.3, -0.25) is 4.79 Å². The molecule has 0 atom stereocenters. The molecular weight excluding hydrogens is 282 g/mol. The van der Waals surface area contributed by atoms with Gasteiger partial charge in [-0.25, -0.2) is 4.98 Å². The van der Waals surface area contributed by atoms with Gasteiger partial charge in [-0.05, 0) is 42.9 Å². The number of aromatic amines is 1. The summed E-state index contributed by atoms with van der Waals surface area (Å²) in [6.07, 6.45) is 4.79. The van der Waals surface area contributed by atoms with Crippen LogP contribution in [0, 0.1) is 0 Å². The standard InChI is InChI=1S/C12H18BrN3O/c1-16(2)7-9-14-11(8-5-3-4-6-8)10(13)12(17)15-9/h8H,3-7H2,1-2H3,(H,14,15,17). The van der Waals surface area contributed by atoms with Gasteiger partial charge in [0.15, 0.2) is 0 Å². The molecule has 0 saturated heterocycles. The van der Waals surface area contributed by atoms with E-state index in [1.54, 1.807) is 0 Å². The summed E-state index contributed by atoms with van der Waals surface area (Å²) in [5.41, 5.74) is 0.891. The van der Waals surface area contributed by atoms with Crippen LogP contribution in [0.2, 0.25) is 0 Å². The average Bonchev–Trinajstić information content (AvgIpc) is 2.75. The van der Waals surface area contributed by atoms with Crippen LogP contribution in [0.4, 0.5) is 0 Å². The highest BCUT2D eigenvalue weighted by molar-refractivity contribution is 9.10. The molecule has 1 saturated carbocycles. The Balaban J connectivity index is 2.35. The number of hydrogen-bond donors (Lipinski definition) is 1. The SMILES string of the molecule is CN(C)Cc1nc(C2CCCC2)c(Br)c(=O)[nH]1. The van der Waals surface area contributed by atoms with Crippen molar-refractivity contribution in [2.45, 2.75) is 38.1 Å². The number of halogens is 1. The van der Waals surface area contributed by atoms with Crippen LogP contribution >= 0.6 is 15.9 Å². The Morgan fingerprint density at radius 1 is 1.41 bits per heavy atom. The third kappa shape index (κ3) is 2.96. The van der Waals surface area contributed by atoms with Crippen molar-refractivity contribution in [3.63, 3.8) is 0 Å². The van der Waals surface area contributed by atoms with Gasteiger partial charge in [-0.15, -0.1) is 0 Å². The molecule has 5 heteroatoms. The molecule has 17 heavy (non-hydrogen) atoms. The minimum absolute atomic E-state index is 0.0567. The van der Waals surface area contributed by atoms with Crippen LogP contribution in [0.3, 0.4) is 0 Å². The molecule has 94 valence electrons. The molecule has 0 unspecified atom stereocenters. The van der Waals surface area contributed by atoms with Gasteiger partial charge in [-0.2, -0.15) is 0 Å². The predicted molar refractivity (Wildman–Crippen MR) is 71.2 cm³/mol. The van der Waals surface area contributed by atoms with E-state index < -0.39 is 0 Å². The maximum Gasteiger partial charge on any atom is 0.265 e. The largest absolute Gasteiger partial charge is 0.308 e. The van der Waals surface area contributed by atoms with Gasteiger partial charge in [0.2, 0.25) is 0 Å². The van der Waals surface area contributed by atoms with Crippen LogP contribution in [-0.4, -0.2) is 29.0 Å². The normalized spacial score (nSPS) is 16.9. The molecule has 0 radical (unpaired) electrons. The van der Waals surface area contributed by atoms with Crippen molar-refractivity contribution < 1.29 is 0 Å². The minimum atomic E-state index is -0.0567. The third-order valence-electron chi connectivity index (χ3n) is 3.15. The number of nitrogens with zero attached hydrogens (tertiary/aromatic N) is 2. The summed E-state index contributed by atoms with van der Waals surface area (Å²) in [4.78, 5) is 21.3. The number of nitrogens with one attached hydrogen (secondary N) is 1. The van der Waals surface area contributed by atoms with E-state index in [9.17, 15) is 4.79 Å². The fraction of sp³-hybridized carbons (Fsp3) is 0.667. The van der Waals surface area contributed by atoms with Crippen LogP contribution in [0.25, 0.3) is 0 Å². The van der Waals surface area contributed by atoms with Crippen LogP contribution in [0.1, 0.15) is 43.1 Å². The predicted octanol–water partition coefficient (Wildman–Crippen LogP) is 2.25. The van der Waals surface area contributed by atoms with E-state index >= 15 is 0 Å². The maximum absolute atomic E-state index is 11.8. The molecule has 1 aromatic heterocycles. The van der Waals surface area contributed by atoms with E-state index in [0.29, 0.717) is 16.9 Å². The summed E-state index contributed by atoms with van der Waals surface area (Å²) < 4.78 is 0.618. The topological polar surface area (TPSA) is 49.0 Å². The van der Waals surface area contributed by atoms with Gasteiger partial charge in [-0.1, -0.05) is 12.8 Å². The Labute approximate surface area is 110 Å². The molecule has 4 nitrogen and oxygen atoms in total. The Bertz CT molecular complexity index is 450. The molecular formula is C12H18BrN3O. The fourth-order valence-corrected chi connectivity index (χ4v) is 2.88. The first kappa shape index (κ1) is 12.8. The van der Waals surface area contributed by atoms with Crippen LogP contribution < -0.4 is 5.56 Å². The lowest BCUT2D eigenvalue weighted by Crippen LogP contribution is -2.21. The molecule has 0 aliphatic heterocycles. The molecule has 0 aromatic carbocycles. The smallest absolute Gasteiger partial charge is 0.265 e. The lowest BCUT2D eigenvalue weighted by molar-refractivity contribution is 0.388. The number of aromatic nitrogens is 2. The molecule has 0 amide bonds. The number of H-pyrrole nitrogens is 1. The number of rotatable bonds is 3. The molecule has 1 aliphatic carbocycles. The zero-order valence-electron chi connectivity index (χ0n) is 10.3. The average molecular weight is 300 g/mol. The van der Waals surface area contributed by atoms with E-state index in [0.717, 1.165) is 24.4 Å². The lowest BCUT2D eigenvalue weighted by atomic mass is 10.0. The van der Waals surface area contributed by atoms with Gasteiger partial charge >= 0.3 is 0 Å². The highest BCUT2D eigenvalue weighted by Gasteiger charge is 2.22. The van der Waals surface area contributed by atoms with Gasteiger partial charge in [0, 0.05) is 5.92 Å². The van der Waals surface area contributed by atoms with Crippen molar-refractivity contribution in [2.24, 2.45) is 0 Å². The summed E-state index contributed by atoms with van der Waals surface area (Å²) in [5.74, 6) is 1.21. The highest BCUT2D eigenvalue weighted by atomic mass is 79.9. The molecule has 1 fully saturated rings. The summed E-state index contributed by atoms with van der Waals surface area (Å²) in [7, 11) is 3.94. The summed E-state index contributed by atoms with van der Waals surface area (Å²) in [5, 5.41) is 0. The van der Waals surface area contributed by atoms with Crippen molar-refractivity contribution in [3.8, 4) is 0 Å². The molecule has 2 rings (SSSR count). The van der Waals surface area contributed by atoms with Crippen LogP contribution in [0.15, 0.2) is 9.27 Å². The van der Waals surface area contributed by atoms with Crippen molar-refractivity contribution in [1.29, 1.82) is 0 Å². The van der Waals surface area contributed by atoms with Gasteiger partial charge in [0.1, 0.15) is 10.3 Å². The van der Waals surface area contributed by atoms with Gasteiger partial charge in [0.05, 0.1) is 12.2 Å². The minimum Gasteiger partial charge on any atom is -0.308 e. The molecule has 1 aromatic rings. The fourth-order valence-electron chi connectivity index (χ4n) is 2.37. The first-order valence-corrected chi connectivity index (χ1v) is 6.80. The first-order chi connectivity index (χ1) is 8.08. The zero-order valence-corrected chi connectivity index (χ0v) is 11.9. The molecule has 1 heterocycles. The van der Waals surface area contributed by atoms with E-state index in [2.05, 4.69) is 25.9 Å². The Morgan fingerprint density at radius 2 is 2.06 bits per heavy atom. The van der Waals surface area contributed by atoms with E-state index in [-0.39, 0.29) is 5.56 Å². The Hall–Kier alpha value is -0.680. The molecule has 0 bridgehead atoms. The van der Waals surface area contributed by atoms with E-state index in [1.165, 1.54) is 12.8 Å². The van der Waals surface area contributed by atoms with Gasteiger partial charge < -0.3 is 9.88 Å². The maximum atomic E-state index is 11.8. The van der Waals surface area contributed by atoms with Crippen molar-refractivity contribution in [2.75, 3.05) is 14.1 Å². The van der Waals surface area contributed by atoms with Crippen molar-refractivity contribution >= 4 is 15.9 Å². The monoisotopic (exact) mass is 299 g/mol. The Kier molecular flexibility index (Phi) is 3.99. The lowest BCUT2D eigenvalue weighted by Gasteiger charge is -2.14. The summed E-state index contributed by atoms with van der Waals surface area (Å²) in [6, 6.07) is 0. The Morgan fingerprint density at radius 3 is 2.65 bits per heavy atom. The highest BCUT2D eigenvalue weighted by Crippen LogP contribution is 2.35. The van der Waals surface area contributed by atoms with Crippen molar-refractivity contribution in [3.05, 3.63) is 26.3 Å². The quantitative estimate of drug-likeness (QED) is 0.931. The van der Waals surface area contributed by atoms with Gasteiger partial charge in [0.25, 0.3) is 5.56 Å². The third-order valence-corrected chi connectivity index (χ3v) is 3.91. The second-order valence-electron chi connectivity index (χ2n) is 4.93. The summed E-state index contributed by atoms with van der Waals surface area (Å²) in [6.45, 7) is 0.669. The molecule has 1 aliphatic rings. The second-order valence-corrected chi connectivity index (χ2v) is 5.72. The second kappa shape index (κ2) is 5.31. The van der Waals surface area contributed by atoms with Crippen molar-refractivity contribution in [1.82, 2.24) is 14.9 Å². The summed E-state index contributed by atoms with van der Waals surface area (Å²) >= 11 is 3.37. The van der Waals surface area contributed by atoms with E-state index in [1.807, 2.05) is 19.0 Å². The molecule has 1 N–H and O–H groups in total.